The van der Waals surface area contributed by atoms with Crippen LogP contribution in [0.25, 0.3) is 0 Å². The van der Waals surface area contributed by atoms with Crippen LogP contribution in [0.3, 0.4) is 0 Å². The van der Waals surface area contributed by atoms with Crippen LogP contribution in [-0.4, -0.2) is 48.3 Å². The van der Waals surface area contributed by atoms with E-state index in [1.165, 1.54) is 11.1 Å². The van der Waals surface area contributed by atoms with Crippen LogP contribution >= 0.6 is 0 Å². The normalized spacial score (nSPS) is 16.3. The van der Waals surface area contributed by atoms with Crippen LogP contribution in [0, 0.1) is 0 Å². The molecule has 0 spiro atoms. The molecule has 1 aromatic carbocycles. The van der Waals surface area contributed by atoms with E-state index < -0.39 is 0 Å². The van der Waals surface area contributed by atoms with Crippen molar-refractivity contribution in [3.05, 3.63) is 35.4 Å². The predicted molar refractivity (Wildman–Crippen MR) is 94.3 cm³/mol. The zero-order valence-electron chi connectivity index (χ0n) is 14.9. The van der Waals surface area contributed by atoms with Gasteiger partial charge in [-0.3, -0.25) is 14.6 Å². The summed E-state index contributed by atoms with van der Waals surface area (Å²) >= 11 is 0. The van der Waals surface area contributed by atoms with E-state index in [4.69, 9.17) is 0 Å². The number of benzene rings is 1. The number of hydrogen-bond acceptors (Lipinski definition) is 3. The van der Waals surface area contributed by atoms with E-state index in [9.17, 15) is 4.79 Å². The number of nitrogens with zero attached hydrogens (tertiary/aromatic N) is 2. The first kappa shape index (κ1) is 18.9. The second-order valence-corrected chi connectivity index (χ2v) is 6.15. The fraction of sp³-hybridized carbons (Fsp3) is 0.632. The summed E-state index contributed by atoms with van der Waals surface area (Å²) in [5, 5.41) is 0. The first-order chi connectivity index (χ1) is 10.5. The predicted octanol–water partition coefficient (Wildman–Crippen LogP) is 3.54. The topological polar surface area (TPSA) is 23.6 Å². The Labute approximate surface area is 136 Å². The molecule has 0 N–H and O–H groups in total. The van der Waals surface area contributed by atoms with Crippen molar-refractivity contribution in [2.45, 2.75) is 47.1 Å². The Morgan fingerprint density at radius 1 is 1.00 bits per heavy atom. The second kappa shape index (κ2) is 9.75. The third kappa shape index (κ3) is 6.29. The van der Waals surface area contributed by atoms with Crippen molar-refractivity contribution in [2.75, 3.05) is 32.7 Å². The standard InChI is InChI=1S/C17H26N2O.C2H6/c1-14(2)17-6-4-16(5-7-17)13-19-10-8-18(9-11-19)12-15(3)20;1-2/h4-7,14H,8-13H2,1-3H3;1-2H3. The van der Waals surface area contributed by atoms with Gasteiger partial charge in [0.25, 0.3) is 0 Å². The van der Waals surface area contributed by atoms with Crippen molar-refractivity contribution in [2.24, 2.45) is 0 Å². The lowest BCUT2D eigenvalue weighted by Crippen LogP contribution is -2.47. The molecule has 0 bridgehead atoms. The van der Waals surface area contributed by atoms with Crippen LogP contribution in [0.1, 0.15) is 51.7 Å². The molecule has 0 aromatic heterocycles. The van der Waals surface area contributed by atoms with Crippen molar-refractivity contribution in [1.29, 1.82) is 0 Å². The molecule has 1 aromatic rings. The molecule has 1 aliphatic heterocycles. The van der Waals surface area contributed by atoms with E-state index in [1.54, 1.807) is 6.92 Å². The van der Waals surface area contributed by atoms with Crippen molar-refractivity contribution < 1.29 is 4.79 Å². The number of carbonyl (C=O) groups excluding carboxylic acids is 1. The van der Waals surface area contributed by atoms with Gasteiger partial charge in [0.1, 0.15) is 5.78 Å². The minimum atomic E-state index is 0.266. The Bertz CT molecular complexity index is 431. The lowest BCUT2D eigenvalue weighted by molar-refractivity contribution is -0.118. The highest BCUT2D eigenvalue weighted by Crippen LogP contribution is 2.16. The highest BCUT2D eigenvalue weighted by atomic mass is 16.1. The SMILES string of the molecule is CC.CC(=O)CN1CCN(Cc2ccc(C(C)C)cc2)CC1. The molecule has 0 saturated carbocycles. The second-order valence-electron chi connectivity index (χ2n) is 6.15. The molecule has 124 valence electrons. The quantitative estimate of drug-likeness (QED) is 0.831. The number of carbonyl (C=O) groups is 1. The van der Waals surface area contributed by atoms with Crippen LogP contribution in [0.5, 0.6) is 0 Å². The highest BCUT2D eigenvalue weighted by Gasteiger charge is 2.17. The molecule has 0 radical (unpaired) electrons. The number of hydrogen-bond donors (Lipinski definition) is 0. The van der Waals surface area contributed by atoms with Crippen molar-refractivity contribution in [3.8, 4) is 0 Å². The van der Waals surface area contributed by atoms with E-state index >= 15 is 0 Å². The van der Waals surface area contributed by atoms with Crippen molar-refractivity contribution in [3.63, 3.8) is 0 Å². The maximum absolute atomic E-state index is 11.1. The smallest absolute Gasteiger partial charge is 0.143 e. The number of rotatable bonds is 5. The zero-order chi connectivity index (χ0) is 16.5. The van der Waals surface area contributed by atoms with Crippen LogP contribution in [0.2, 0.25) is 0 Å². The summed E-state index contributed by atoms with van der Waals surface area (Å²) in [4.78, 5) is 15.8. The van der Waals surface area contributed by atoms with Gasteiger partial charge in [-0.05, 0) is 24.0 Å². The molecule has 2 rings (SSSR count). The Morgan fingerprint density at radius 3 is 1.95 bits per heavy atom. The van der Waals surface area contributed by atoms with E-state index in [0.717, 1.165) is 32.7 Å². The minimum Gasteiger partial charge on any atom is -0.299 e. The maximum atomic E-state index is 11.1. The first-order valence-corrected chi connectivity index (χ1v) is 8.57. The molecule has 1 fully saturated rings. The fourth-order valence-corrected chi connectivity index (χ4v) is 2.69. The summed E-state index contributed by atoms with van der Waals surface area (Å²) in [5.74, 6) is 0.863. The van der Waals surface area contributed by atoms with Gasteiger partial charge in [0.2, 0.25) is 0 Å². The number of piperazine rings is 1. The van der Waals surface area contributed by atoms with Crippen molar-refractivity contribution >= 4 is 5.78 Å². The van der Waals surface area contributed by atoms with Gasteiger partial charge in [-0.2, -0.15) is 0 Å². The summed E-state index contributed by atoms with van der Waals surface area (Å²) in [7, 11) is 0. The summed E-state index contributed by atoms with van der Waals surface area (Å²) in [5.41, 5.74) is 2.79. The van der Waals surface area contributed by atoms with Gasteiger partial charge in [0, 0.05) is 32.7 Å². The molecule has 1 saturated heterocycles. The lowest BCUT2D eigenvalue weighted by atomic mass is 10.0. The van der Waals surface area contributed by atoms with Crippen LogP contribution in [0.15, 0.2) is 24.3 Å². The largest absolute Gasteiger partial charge is 0.299 e. The lowest BCUT2D eigenvalue weighted by Gasteiger charge is -2.34. The van der Waals surface area contributed by atoms with Crippen LogP contribution < -0.4 is 0 Å². The van der Waals surface area contributed by atoms with Gasteiger partial charge in [0.15, 0.2) is 0 Å². The molecule has 1 heterocycles. The molecule has 1 aliphatic rings. The fourth-order valence-electron chi connectivity index (χ4n) is 2.69. The van der Waals surface area contributed by atoms with Gasteiger partial charge in [0.05, 0.1) is 6.54 Å². The minimum absolute atomic E-state index is 0.266. The summed E-state index contributed by atoms with van der Waals surface area (Å²) in [6, 6.07) is 8.98. The van der Waals surface area contributed by atoms with Crippen molar-refractivity contribution in [1.82, 2.24) is 9.80 Å². The molecule has 22 heavy (non-hydrogen) atoms. The highest BCUT2D eigenvalue weighted by molar-refractivity contribution is 5.77. The maximum Gasteiger partial charge on any atom is 0.143 e. The Balaban J connectivity index is 0.00000116. The van der Waals surface area contributed by atoms with Crippen LogP contribution in [0.4, 0.5) is 0 Å². The Hall–Kier alpha value is -1.19. The summed E-state index contributed by atoms with van der Waals surface area (Å²) < 4.78 is 0. The third-order valence-electron chi connectivity index (χ3n) is 3.96. The summed E-state index contributed by atoms with van der Waals surface area (Å²) in [6.07, 6.45) is 0. The van der Waals surface area contributed by atoms with Gasteiger partial charge < -0.3 is 0 Å². The van der Waals surface area contributed by atoms with Gasteiger partial charge in [-0.15, -0.1) is 0 Å². The number of ketones is 1. The van der Waals surface area contributed by atoms with E-state index in [0.29, 0.717) is 12.5 Å². The van der Waals surface area contributed by atoms with Gasteiger partial charge >= 0.3 is 0 Å². The molecule has 3 heteroatoms. The third-order valence-corrected chi connectivity index (χ3v) is 3.96. The molecule has 0 aliphatic carbocycles. The Kier molecular flexibility index (Phi) is 8.36. The molecule has 0 atom stereocenters. The summed E-state index contributed by atoms with van der Waals surface area (Å²) in [6.45, 7) is 15.9. The Morgan fingerprint density at radius 2 is 1.50 bits per heavy atom. The molecular formula is C19H32N2O. The molecule has 3 nitrogen and oxygen atoms in total. The number of Topliss-reactive ketones (excluding diaryl/α,β-unsaturated/α-hetero) is 1. The average Bonchev–Trinajstić information content (AvgIpc) is 2.51. The zero-order valence-corrected chi connectivity index (χ0v) is 14.9. The van der Waals surface area contributed by atoms with Gasteiger partial charge in [-0.1, -0.05) is 52.0 Å². The monoisotopic (exact) mass is 304 g/mol. The average molecular weight is 304 g/mol. The molecule has 0 unspecified atom stereocenters. The van der Waals surface area contributed by atoms with E-state index in [1.807, 2.05) is 13.8 Å². The first-order valence-electron chi connectivity index (χ1n) is 8.57. The molecular weight excluding hydrogens is 272 g/mol. The van der Waals surface area contributed by atoms with Crippen LogP contribution in [-0.2, 0) is 11.3 Å². The van der Waals surface area contributed by atoms with Gasteiger partial charge in [-0.25, -0.2) is 0 Å². The van der Waals surface area contributed by atoms with E-state index in [-0.39, 0.29) is 5.78 Å². The molecule has 0 amide bonds. The van der Waals surface area contributed by atoms with E-state index in [2.05, 4.69) is 47.9 Å².